The minimum atomic E-state index is -4.30. The van der Waals surface area contributed by atoms with Gasteiger partial charge in [0.25, 0.3) is 11.8 Å². The number of rotatable bonds is 5. The highest BCUT2D eigenvalue weighted by atomic mass is 32.2. The molecule has 1 saturated carbocycles. The van der Waals surface area contributed by atoms with E-state index >= 15 is 0 Å². The van der Waals surface area contributed by atoms with Crippen molar-refractivity contribution in [2.75, 3.05) is 0 Å². The first-order valence-corrected chi connectivity index (χ1v) is 11.9. The molecule has 1 aromatic carbocycles. The van der Waals surface area contributed by atoms with Crippen molar-refractivity contribution < 1.29 is 22.3 Å². The quantitative estimate of drug-likeness (QED) is 0.520. The van der Waals surface area contributed by atoms with Gasteiger partial charge in [0, 0.05) is 6.42 Å². The van der Waals surface area contributed by atoms with E-state index in [2.05, 4.69) is 19.9 Å². The predicted octanol–water partition coefficient (Wildman–Crippen LogP) is 3.99. The third-order valence-corrected chi connectivity index (χ3v) is 8.78. The number of carbonyl (C=O) groups is 2. The van der Waals surface area contributed by atoms with Crippen LogP contribution in [0.3, 0.4) is 0 Å². The lowest BCUT2D eigenvalue weighted by atomic mass is 9.48. The number of hydrogen-bond acceptors (Lipinski definition) is 5. The Hall–Kier alpha value is -1.99. The molecule has 0 N–H and O–H groups in total. The molecule has 4 aliphatic rings. The normalized spacial score (nSPS) is 27.8. The average molecular weight is 432 g/mol. The van der Waals surface area contributed by atoms with Crippen LogP contribution in [0.1, 0.15) is 56.2 Å². The molecule has 3 atom stereocenters. The van der Waals surface area contributed by atoms with Gasteiger partial charge in [-0.1, -0.05) is 43.2 Å². The molecule has 7 heteroatoms. The Morgan fingerprint density at radius 1 is 1.13 bits per heavy atom. The van der Waals surface area contributed by atoms with Crippen LogP contribution < -0.4 is 0 Å². The minimum Gasteiger partial charge on any atom is -0.272 e. The highest BCUT2D eigenvalue weighted by Gasteiger charge is 2.52. The van der Waals surface area contributed by atoms with Gasteiger partial charge in [0.15, 0.2) is 0 Å². The smallest absolute Gasteiger partial charge is 0.272 e. The number of benzene rings is 1. The molecule has 3 aliphatic carbocycles. The van der Waals surface area contributed by atoms with Crippen molar-refractivity contribution in [2.45, 2.75) is 65.2 Å². The van der Waals surface area contributed by atoms with Crippen molar-refractivity contribution >= 4 is 21.9 Å². The van der Waals surface area contributed by atoms with Gasteiger partial charge in [-0.25, -0.2) is 0 Å². The number of hydroxylamine groups is 2. The first-order valence-electron chi connectivity index (χ1n) is 10.5. The molecule has 1 heterocycles. The van der Waals surface area contributed by atoms with Gasteiger partial charge in [-0.05, 0) is 68.4 Å². The van der Waals surface area contributed by atoms with Crippen LogP contribution in [0.5, 0.6) is 0 Å². The molecule has 0 spiro atoms. The van der Waals surface area contributed by atoms with Crippen LogP contribution in [-0.2, 0) is 24.0 Å². The summed E-state index contributed by atoms with van der Waals surface area (Å²) in [7, 11) is -4.30. The van der Waals surface area contributed by atoms with Crippen molar-refractivity contribution in [3.05, 3.63) is 40.5 Å². The lowest BCUT2D eigenvalue weighted by Gasteiger charge is -2.56. The Labute approximate surface area is 178 Å². The summed E-state index contributed by atoms with van der Waals surface area (Å²) >= 11 is 0. The molecule has 162 valence electrons. The molecule has 0 radical (unpaired) electrons. The molecule has 3 unspecified atom stereocenters. The molecule has 5 rings (SSSR count). The van der Waals surface area contributed by atoms with Crippen LogP contribution >= 0.6 is 0 Å². The van der Waals surface area contributed by atoms with Crippen LogP contribution in [0.15, 0.2) is 28.7 Å². The standard InChI is InChI=1S/C23H29NO5S/c1-13-8-14(2)21(15(3)9-13)30(27,28)29-24-20(25)11-17(22(24)26)10-16-6-7-18-12-19(16)23(18,4)5/h6,8-9,17-19H,7,10-12H2,1-5H3. The fraction of sp³-hybridized carbons (Fsp3) is 0.565. The highest BCUT2D eigenvalue weighted by Crippen LogP contribution is 2.60. The second kappa shape index (κ2) is 7.02. The van der Waals surface area contributed by atoms with Gasteiger partial charge in [0.2, 0.25) is 0 Å². The summed E-state index contributed by atoms with van der Waals surface area (Å²) in [4.78, 5) is 25.4. The van der Waals surface area contributed by atoms with E-state index in [0.717, 1.165) is 18.4 Å². The number of fused-ring (bicyclic) bond motifs is 1. The molecule has 2 fully saturated rings. The second-order valence-electron chi connectivity index (χ2n) is 9.71. The van der Waals surface area contributed by atoms with E-state index in [9.17, 15) is 18.0 Å². The summed E-state index contributed by atoms with van der Waals surface area (Å²) in [6, 6.07) is 3.48. The van der Waals surface area contributed by atoms with E-state index in [1.807, 2.05) is 6.92 Å². The van der Waals surface area contributed by atoms with Gasteiger partial charge < -0.3 is 0 Å². The van der Waals surface area contributed by atoms with Crippen LogP contribution in [0, 0.1) is 43.9 Å². The monoisotopic (exact) mass is 431 g/mol. The lowest BCUT2D eigenvalue weighted by Crippen LogP contribution is -2.48. The first-order chi connectivity index (χ1) is 13.9. The number of carbonyl (C=O) groups excluding carboxylic acids is 2. The Balaban J connectivity index is 1.52. The number of amides is 2. The third kappa shape index (κ3) is 3.32. The fourth-order valence-corrected chi connectivity index (χ4v) is 6.93. The maximum atomic E-state index is 12.9. The van der Waals surface area contributed by atoms with Gasteiger partial charge in [-0.2, -0.15) is 8.42 Å². The van der Waals surface area contributed by atoms with Gasteiger partial charge in [0.05, 0.1) is 5.92 Å². The van der Waals surface area contributed by atoms with Gasteiger partial charge in [-0.3, -0.25) is 9.59 Å². The van der Waals surface area contributed by atoms with Crippen molar-refractivity contribution in [3.8, 4) is 0 Å². The van der Waals surface area contributed by atoms with Crippen LogP contribution in [0.2, 0.25) is 0 Å². The topological polar surface area (TPSA) is 80.8 Å². The van der Waals surface area contributed by atoms with E-state index in [1.54, 1.807) is 26.0 Å². The molecule has 1 aliphatic heterocycles. The Kier molecular flexibility index (Phi) is 4.97. The third-order valence-electron chi connectivity index (χ3n) is 7.29. The highest BCUT2D eigenvalue weighted by molar-refractivity contribution is 7.86. The van der Waals surface area contributed by atoms with E-state index in [4.69, 9.17) is 4.28 Å². The van der Waals surface area contributed by atoms with Crippen molar-refractivity contribution in [3.63, 3.8) is 0 Å². The van der Waals surface area contributed by atoms with E-state index in [0.29, 0.717) is 34.4 Å². The molecule has 2 amide bonds. The number of nitrogens with zero attached hydrogens (tertiary/aromatic N) is 1. The summed E-state index contributed by atoms with van der Waals surface area (Å²) in [5, 5.41) is 0.469. The zero-order chi connectivity index (χ0) is 22.0. The van der Waals surface area contributed by atoms with Crippen molar-refractivity contribution in [2.24, 2.45) is 23.2 Å². The summed E-state index contributed by atoms with van der Waals surface area (Å²) in [6.45, 7) is 9.75. The molecule has 2 bridgehead atoms. The van der Waals surface area contributed by atoms with E-state index < -0.39 is 27.9 Å². The van der Waals surface area contributed by atoms with Gasteiger partial charge in [0.1, 0.15) is 4.90 Å². The Morgan fingerprint density at radius 2 is 1.77 bits per heavy atom. The van der Waals surface area contributed by atoms with Crippen LogP contribution in [0.25, 0.3) is 0 Å². The fourth-order valence-electron chi connectivity index (χ4n) is 5.60. The molecule has 30 heavy (non-hydrogen) atoms. The minimum absolute atomic E-state index is 0.00870. The summed E-state index contributed by atoms with van der Waals surface area (Å²) < 4.78 is 30.9. The second-order valence-corrected chi connectivity index (χ2v) is 11.2. The maximum absolute atomic E-state index is 12.9. The molecular formula is C23H29NO5S. The van der Waals surface area contributed by atoms with E-state index in [-0.39, 0.29) is 16.7 Å². The lowest BCUT2D eigenvalue weighted by molar-refractivity contribution is -0.164. The van der Waals surface area contributed by atoms with Crippen LogP contribution in [0.4, 0.5) is 0 Å². The maximum Gasteiger partial charge on any atom is 0.318 e. The average Bonchev–Trinajstić information content (AvgIpc) is 2.87. The Morgan fingerprint density at radius 3 is 2.33 bits per heavy atom. The van der Waals surface area contributed by atoms with Gasteiger partial charge in [-0.15, -0.1) is 9.35 Å². The van der Waals surface area contributed by atoms with Crippen molar-refractivity contribution in [1.29, 1.82) is 0 Å². The Bertz CT molecular complexity index is 1050. The largest absolute Gasteiger partial charge is 0.318 e. The molecule has 1 saturated heterocycles. The van der Waals surface area contributed by atoms with Gasteiger partial charge >= 0.3 is 10.1 Å². The first kappa shape index (κ1) is 21.2. The zero-order valence-corrected chi connectivity index (χ0v) is 19.0. The molecule has 6 nitrogen and oxygen atoms in total. The number of imide groups is 1. The van der Waals surface area contributed by atoms with E-state index in [1.165, 1.54) is 5.57 Å². The predicted molar refractivity (Wildman–Crippen MR) is 112 cm³/mol. The molecule has 0 aromatic heterocycles. The van der Waals surface area contributed by atoms with Crippen molar-refractivity contribution in [1.82, 2.24) is 5.06 Å². The van der Waals surface area contributed by atoms with Crippen LogP contribution in [-0.4, -0.2) is 25.3 Å². The summed E-state index contributed by atoms with van der Waals surface area (Å²) in [5.74, 6) is -0.592. The summed E-state index contributed by atoms with van der Waals surface area (Å²) in [6.07, 6.45) is 4.83. The SMILES string of the molecule is Cc1cc(C)c(S(=O)(=O)ON2C(=O)CC(CC3=CCC4CC3C4(C)C)C2=O)c(C)c1. The summed E-state index contributed by atoms with van der Waals surface area (Å²) in [5.41, 5.74) is 3.44. The molecule has 1 aromatic rings. The number of aryl methyl sites for hydroxylation is 3. The zero-order valence-electron chi connectivity index (χ0n) is 18.2. The number of allylic oxidation sites excluding steroid dienone is 2. The molecular weight excluding hydrogens is 402 g/mol. The number of hydrogen-bond donors (Lipinski definition) is 0.